The fourth-order valence-corrected chi connectivity index (χ4v) is 1.85. The molecule has 0 fully saturated rings. The number of halogens is 1. The first-order valence-corrected chi connectivity index (χ1v) is 5.60. The Bertz CT molecular complexity index is 64.3. The Labute approximate surface area is 73.7 Å². The normalized spacial score (nSPS) is 10.8. The van der Waals surface area contributed by atoms with Crippen LogP contribution in [0.2, 0.25) is 0 Å². The van der Waals surface area contributed by atoms with Crippen LogP contribution in [0.1, 0.15) is 26.7 Å². The number of thioether (sulfide) groups is 1. The van der Waals surface area contributed by atoms with E-state index in [0.717, 1.165) is 11.8 Å². The summed E-state index contributed by atoms with van der Waals surface area (Å²) in [6.07, 6.45) is 2.45. The number of alkyl halides is 1. The molecular formula is C8H17ClS. The van der Waals surface area contributed by atoms with Crippen LogP contribution in [0, 0.1) is 5.92 Å². The Morgan fingerprint density at radius 1 is 1.30 bits per heavy atom. The summed E-state index contributed by atoms with van der Waals surface area (Å²) in [5.74, 6) is 4.23. The van der Waals surface area contributed by atoms with E-state index in [9.17, 15) is 0 Å². The number of unbranched alkanes of at least 4 members (excludes halogenated alkanes) is 1. The molecule has 0 heterocycles. The summed E-state index contributed by atoms with van der Waals surface area (Å²) < 4.78 is 0. The Morgan fingerprint density at radius 2 is 2.00 bits per heavy atom. The molecule has 0 aliphatic carbocycles. The van der Waals surface area contributed by atoms with Gasteiger partial charge in [0.2, 0.25) is 0 Å². The largest absolute Gasteiger partial charge is 0.162 e. The lowest BCUT2D eigenvalue weighted by Crippen LogP contribution is -1.92. The quantitative estimate of drug-likeness (QED) is 0.446. The molecule has 62 valence electrons. The molecule has 0 aromatic carbocycles. The minimum Gasteiger partial charge on any atom is -0.162 e. The van der Waals surface area contributed by atoms with E-state index < -0.39 is 0 Å². The van der Waals surface area contributed by atoms with Crippen molar-refractivity contribution in [2.45, 2.75) is 26.7 Å². The molecule has 0 rings (SSSR count). The van der Waals surface area contributed by atoms with Gasteiger partial charge in [-0.1, -0.05) is 13.8 Å². The van der Waals surface area contributed by atoms with Crippen molar-refractivity contribution in [1.82, 2.24) is 0 Å². The molecule has 0 nitrogen and oxygen atoms in total. The van der Waals surface area contributed by atoms with Crippen molar-refractivity contribution in [3.8, 4) is 0 Å². The van der Waals surface area contributed by atoms with Gasteiger partial charge in [0.15, 0.2) is 0 Å². The molecule has 0 unspecified atom stereocenters. The van der Waals surface area contributed by atoms with Gasteiger partial charge in [0.05, 0.1) is 0 Å². The highest BCUT2D eigenvalue weighted by molar-refractivity contribution is 7.99. The van der Waals surface area contributed by atoms with Crippen molar-refractivity contribution in [1.29, 1.82) is 0 Å². The summed E-state index contributed by atoms with van der Waals surface area (Å²) in [4.78, 5) is 0. The predicted octanol–water partition coefficient (Wildman–Crippen LogP) is 3.39. The van der Waals surface area contributed by atoms with Gasteiger partial charge in [-0.15, -0.1) is 11.6 Å². The molecule has 0 atom stereocenters. The van der Waals surface area contributed by atoms with E-state index in [1.165, 1.54) is 24.3 Å². The zero-order valence-electron chi connectivity index (χ0n) is 6.90. The van der Waals surface area contributed by atoms with E-state index >= 15 is 0 Å². The minimum atomic E-state index is 0.822. The first kappa shape index (κ1) is 10.6. The van der Waals surface area contributed by atoms with Gasteiger partial charge < -0.3 is 0 Å². The molecule has 0 saturated carbocycles. The third-order valence-electron chi connectivity index (χ3n) is 1.12. The van der Waals surface area contributed by atoms with Gasteiger partial charge in [0, 0.05) is 5.88 Å². The highest BCUT2D eigenvalue weighted by Crippen LogP contribution is 2.09. The molecule has 0 aromatic rings. The van der Waals surface area contributed by atoms with Gasteiger partial charge >= 0.3 is 0 Å². The maximum absolute atomic E-state index is 5.53. The third-order valence-corrected chi connectivity index (χ3v) is 2.87. The summed E-state index contributed by atoms with van der Waals surface area (Å²) in [5, 5.41) is 0. The van der Waals surface area contributed by atoms with Gasteiger partial charge in [-0.25, -0.2) is 0 Å². The second-order valence-electron chi connectivity index (χ2n) is 2.86. The molecular weight excluding hydrogens is 164 g/mol. The molecule has 0 bridgehead atoms. The topological polar surface area (TPSA) is 0 Å². The first-order valence-electron chi connectivity index (χ1n) is 3.91. The highest BCUT2D eigenvalue weighted by atomic mass is 35.5. The van der Waals surface area contributed by atoms with Gasteiger partial charge in [-0.2, -0.15) is 11.8 Å². The van der Waals surface area contributed by atoms with E-state index in [1.54, 1.807) is 0 Å². The van der Waals surface area contributed by atoms with Crippen LogP contribution in [0.4, 0.5) is 0 Å². The van der Waals surface area contributed by atoms with Crippen molar-refractivity contribution in [3.05, 3.63) is 0 Å². The smallest absolute Gasteiger partial charge is 0.0223 e. The third kappa shape index (κ3) is 8.64. The summed E-state index contributed by atoms with van der Waals surface area (Å²) in [6, 6.07) is 0. The van der Waals surface area contributed by atoms with E-state index in [1.807, 2.05) is 11.8 Å². The van der Waals surface area contributed by atoms with Crippen molar-refractivity contribution < 1.29 is 0 Å². The average Bonchev–Trinajstić information content (AvgIpc) is 1.87. The fraction of sp³-hybridized carbons (Fsp3) is 1.00. The summed E-state index contributed by atoms with van der Waals surface area (Å²) in [5.41, 5.74) is 0. The summed E-state index contributed by atoms with van der Waals surface area (Å²) >= 11 is 7.58. The Hall–Kier alpha value is 0.640. The monoisotopic (exact) mass is 180 g/mol. The Balaban J connectivity index is 2.77. The van der Waals surface area contributed by atoms with Crippen LogP contribution in [0.3, 0.4) is 0 Å². The predicted molar refractivity (Wildman–Crippen MR) is 52.1 cm³/mol. The van der Waals surface area contributed by atoms with Gasteiger partial charge in [0.1, 0.15) is 0 Å². The molecule has 2 heteroatoms. The molecule has 0 radical (unpaired) electrons. The summed E-state index contributed by atoms with van der Waals surface area (Å²) in [7, 11) is 0. The van der Waals surface area contributed by atoms with Crippen LogP contribution in [0.5, 0.6) is 0 Å². The highest BCUT2D eigenvalue weighted by Gasteiger charge is 1.93. The first-order chi connectivity index (χ1) is 4.77. The lowest BCUT2D eigenvalue weighted by molar-refractivity contribution is 0.749. The zero-order chi connectivity index (χ0) is 7.82. The lowest BCUT2D eigenvalue weighted by atomic mass is 10.3. The number of hydrogen-bond donors (Lipinski definition) is 0. The zero-order valence-corrected chi connectivity index (χ0v) is 8.47. The van der Waals surface area contributed by atoms with Crippen LogP contribution in [-0.4, -0.2) is 17.4 Å². The van der Waals surface area contributed by atoms with E-state index in [4.69, 9.17) is 11.6 Å². The number of rotatable bonds is 6. The molecule has 10 heavy (non-hydrogen) atoms. The van der Waals surface area contributed by atoms with Crippen LogP contribution in [0.15, 0.2) is 0 Å². The van der Waals surface area contributed by atoms with E-state index in [0.29, 0.717) is 0 Å². The molecule has 0 N–H and O–H groups in total. The van der Waals surface area contributed by atoms with Gasteiger partial charge in [-0.3, -0.25) is 0 Å². The maximum atomic E-state index is 5.53. The van der Waals surface area contributed by atoms with E-state index in [2.05, 4.69) is 13.8 Å². The van der Waals surface area contributed by atoms with Crippen LogP contribution in [0.25, 0.3) is 0 Å². The van der Waals surface area contributed by atoms with Crippen molar-refractivity contribution >= 4 is 23.4 Å². The van der Waals surface area contributed by atoms with Crippen molar-refractivity contribution in [2.24, 2.45) is 5.92 Å². The average molecular weight is 181 g/mol. The fourth-order valence-electron chi connectivity index (χ4n) is 0.618. The van der Waals surface area contributed by atoms with E-state index in [-0.39, 0.29) is 0 Å². The van der Waals surface area contributed by atoms with Crippen molar-refractivity contribution in [3.63, 3.8) is 0 Å². The maximum Gasteiger partial charge on any atom is 0.0223 e. The van der Waals surface area contributed by atoms with Crippen molar-refractivity contribution in [2.75, 3.05) is 17.4 Å². The summed E-state index contributed by atoms with van der Waals surface area (Å²) in [6.45, 7) is 4.52. The molecule has 0 saturated heterocycles. The minimum absolute atomic E-state index is 0.822. The molecule has 0 aromatic heterocycles. The van der Waals surface area contributed by atoms with Gasteiger partial charge in [-0.05, 0) is 30.3 Å². The second kappa shape index (κ2) is 7.74. The second-order valence-corrected chi connectivity index (χ2v) is 4.39. The molecule has 0 aliphatic rings. The number of hydrogen-bond acceptors (Lipinski definition) is 1. The lowest BCUT2D eigenvalue weighted by Gasteiger charge is -2.02. The van der Waals surface area contributed by atoms with Crippen LogP contribution >= 0.6 is 23.4 Å². The van der Waals surface area contributed by atoms with Crippen LogP contribution < -0.4 is 0 Å². The Morgan fingerprint density at radius 3 is 2.50 bits per heavy atom. The molecule has 0 spiro atoms. The Kier molecular flexibility index (Phi) is 8.24. The molecule has 0 amide bonds. The molecule has 0 aliphatic heterocycles. The van der Waals surface area contributed by atoms with Crippen LogP contribution in [-0.2, 0) is 0 Å². The standard InChI is InChI=1S/C8H17ClS/c1-8(2)7-10-6-4-3-5-9/h8H,3-7H2,1-2H3. The SMILES string of the molecule is CC(C)CSCCCCCl. The van der Waals surface area contributed by atoms with Gasteiger partial charge in [0.25, 0.3) is 0 Å².